The summed E-state index contributed by atoms with van der Waals surface area (Å²) in [6.07, 6.45) is 3.58. The molecule has 104 valence electrons. The van der Waals surface area contributed by atoms with E-state index in [9.17, 15) is 4.79 Å². The summed E-state index contributed by atoms with van der Waals surface area (Å²) in [6.45, 7) is 2.50. The Bertz CT molecular complexity index is 429. The lowest BCUT2D eigenvalue weighted by Gasteiger charge is -2.15. The largest absolute Gasteiger partial charge is 0.493 e. The van der Waals surface area contributed by atoms with Gasteiger partial charge in [0.1, 0.15) is 11.8 Å². The minimum Gasteiger partial charge on any atom is -0.493 e. The van der Waals surface area contributed by atoms with Crippen molar-refractivity contribution in [1.29, 1.82) is 0 Å². The van der Waals surface area contributed by atoms with E-state index in [1.807, 2.05) is 24.3 Å². The molecule has 1 aliphatic carbocycles. The van der Waals surface area contributed by atoms with E-state index in [1.54, 1.807) is 0 Å². The molecule has 0 bridgehead atoms. The van der Waals surface area contributed by atoms with Crippen molar-refractivity contribution in [2.24, 2.45) is 0 Å². The Morgan fingerprint density at radius 2 is 2.21 bits per heavy atom. The molecule has 4 heteroatoms. The van der Waals surface area contributed by atoms with Crippen molar-refractivity contribution in [2.45, 2.75) is 44.7 Å². The highest BCUT2D eigenvalue weighted by Gasteiger charge is 2.27. The molecule has 1 aromatic carbocycles. The second-order valence-corrected chi connectivity index (χ2v) is 4.93. The Hall–Kier alpha value is -1.55. The van der Waals surface area contributed by atoms with Gasteiger partial charge in [-0.25, -0.2) is 0 Å². The van der Waals surface area contributed by atoms with Crippen LogP contribution in [0.2, 0.25) is 0 Å². The average molecular weight is 263 g/mol. The van der Waals surface area contributed by atoms with E-state index in [4.69, 9.17) is 9.84 Å². The Morgan fingerprint density at radius 1 is 1.47 bits per heavy atom. The van der Waals surface area contributed by atoms with Crippen molar-refractivity contribution in [3.8, 4) is 5.75 Å². The van der Waals surface area contributed by atoms with Crippen LogP contribution in [-0.2, 0) is 11.2 Å². The molecule has 0 amide bonds. The Labute approximate surface area is 113 Å². The van der Waals surface area contributed by atoms with Crippen LogP contribution in [0.25, 0.3) is 0 Å². The summed E-state index contributed by atoms with van der Waals surface area (Å²) in [5.74, 6) is 0.0693. The molecule has 0 saturated heterocycles. The van der Waals surface area contributed by atoms with Crippen molar-refractivity contribution in [1.82, 2.24) is 5.32 Å². The molecule has 1 aliphatic rings. The minimum absolute atomic E-state index is 0.393. The molecule has 2 rings (SSSR count). The second-order valence-electron chi connectivity index (χ2n) is 4.93. The third-order valence-electron chi connectivity index (χ3n) is 3.33. The highest BCUT2D eigenvalue weighted by Crippen LogP contribution is 2.21. The third-order valence-corrected chi connectivity index (χ3v) is 3.33. The minimum atomic E-state index is -0.792. The van der Waals surface area contributed by atoms with Crippen molar-refractivity contribution >= 4 is 5.97 Å². The Kier molecular flexibility index (Phi) is 4.80. The van der Waals surface area contributed by atoms with Crippen LogP contribution in [-0.4, -0.2) is 29.8 Å². The first-order valence-electron chi connectivity index (χ1n) is 6.90. The lowest BCUT2D eigenvalue weighted by atomic mass is 10.1. The summed E-state index contributed by atoms with van der Waals surface area (Å²) in [5, 5.41) is 12.3. The normalized spacial score (nSPS) is 16.1. The summed E-state index contributed by atoms with van der Waals surface area (Å²) in [6, 6.07) is 7.78. The molecule has 1 atom stereocenters. The summed E-state index contributed by atoms with van der Waals surface area (Å²) >= 11 is 0. The smallest absolute Gasteiger partial charge is 0.320 e. The van der Waals surface area contributed by atoms with Crippen molar-refractivity contribution in [2.75, 3.05) is 6.61 Å². The molecule has 0 spiro atoms. The maximum atomic E-state index is 11.1. The molecule has 4 nitrogen and oxygen atoms in total. The first-order valence-corrected chi connectivity index (χ1v) is 6.90. The van der Waals surface area contributed by atoms with Gasteiger partial charge in [-0.3, -0.25) is 4.79 Å². The van der Waals surface area contributed by atoms with Gasteiger partial charge in [-0.2, -0.15) is 0 Å². The zero-order chi connectivity index (χ0) is 13.7. The number of carboxylic acids is 1. The van der Waals surface area contributed by atoms with Crippen molar-refractivity contribution in [3.63, 3.8) is 0 Å². The molecule has 1 fully saturated rings. The van der Waals surface area contributed by atoms with Gasteiger partial charge < -0.3 is 15.2 Å². The summed E-state index contributed by atoms with van der Waals surface area (Å²) < 4.78 is 5.71. The van der Waals surface area contributed by atoms with Crippen LogP contribution in [0.3, 0.4) is 0 Å². The van der Waals surface area contributed by atoms with Gasteiger partial charge in [0.15, 0.2) is 0 Å². The fourth-order valence-electron chi connectivity index (χ4n) is 2.04. The van der Waals surface area contributed by atoms with Gasteiger partial charge in [-0.05, 0) is 30.9 Å². The predicted octanol–water partition coefficient (Wildman–Crippen LogP) is 2.22. The number of para-hydroxylation sites is 1. The molecule has 0 aromatic heterocycles. The van der Waals surface area contributed by atoms with E-state index in [2.05, 4.69) is 12.2 Å². The van der Waals surface area contributed by atoms with Crippen LogP contribution >= 0.6 is 0 Å². The topological polar surface area (TPSA) is 58.6 Å². The number of hydrogen-bond acceptors (Lipinski definition) is 3. The summed E-state index contributed by atoms with van der Waals surface area (Å²) in [4.78, 5) is 11.1. The maximum Gasteiger partial charge on any atom is 0.320 e. The van der Waals surface area contributed by atoms with E-state index in [0.717, 1.165) is 30.6 Å². The van der Waals surface area contributed by atoms with Gasteiger partial charge in [-0.15, -0.1) is 0 Å². The fourth-order valence-corrected chi connectivity index (χ4v) is 2.04. The number of carbonyl (C=O) groups is 1. The zero-order valence-electron chi connectivity index (χ0n) is 11.3. The van der Waals surface area contributed by atoms with Crippen LogP contribution in [0.1, 0.15) is 31.7 Å². The van der Waals surface area contributed by atoms with E-state index >= 15 is 0 Å². The molecule has 2 N–H and O–H groups in total. The molecule has 19 heavy (non-hydrogen) atoms. The van der Waals surface area contributed by atoms with Crippen molar-refractivity contribution < 1.29 is 14.6 Å². The third kappa shape index (κ3) is 4.24. The maximum absolute atomic E-state index is 11.1. The predicted molar refractivity (Wildman–Crippen MR) is 73.5 cm³/mol. The van der Waals surface area contributed by atoms with Gasteiger partial charge in [-0.1, -0.05) is 25.1 Å². The quantitative estimate of drug-likeness (QED) is 0.755. The number of ether oxygens (including phenoxy) is 1. The monoisotopic (exact) mass is 263 g/mol. The first-order chi connectivity index (χ1) is 9.20. The molecule has 0 radical (unpaired) electrons. The van der Waals surface area contributed by atoms with E-state index in [1.165, 1.54) is 0 Å². The number of rotatable bonds is 8. The van der Waals surface area contributed by atoms with E-state index in [-0.39, 0.29) is 0 Å². The average Bonchev–Trinajstić information content (AvgIpc) is 3.22. The number of carboxylic acid groups (broad SMARTS) is 1. The second kappa shape index (κ2) is 6.57. The standard InChI is InChI=1S/C15H21NO3/c1-2-11-5-3-4-6-14(11)19-10-9-13(15(17)18)16-12-7-8-12/h3-6,12-13,16H,2,7-10H2,1H3,(H,17,18). The van der Waals surface area contributed by atoms with Gasteiger partial charge in [0.2, 0.25) is 0 Å². The number of aryl methyl sites for hydroxylation is 1. The van der Waals surface area contributed by atoms with Gasteiger partial charge in [0, 0.05) is 12.5 Å². The molecule has 1 aromatic rings. The first kappa shape index (κ1) is 13.9. The van der Waals surface area contributed by atoms with Gasteiger partial charge in [0.25, 0.3) is 0 Å². The Balaban J connectivity index is 1.82. The summed E-state index contributed by atoms with van der Waals surface area (Å²) in [5.41, 5.74) is 1.16. The SMILES string of the molecule is CCc1ccccc1OCCC(NC1CC1)C(=O)O. The molecular formula is C15H21NO3. The van der Waals surface area contributed by atoms with Gasteiger partial charge in [0.05, 0.1) is 6.61 Å². The number of aliphatic carboxylic acids is 1. The molecule has 0 heterocycles. The van der Waals surface area contributed by atoms with Crippen LogP contribution in [0.5, 0.6) is 5.75 Å². The van der Waals surface area contributed by atoms with Crippen molar-refractivity contribution in [3.05, 3.63) is 29.8 Å². The lowest BCUT2D eigenvalue weighted by molar-refractivity contribution is -0.139. The Morgan fingerprint density at radius 3 is 2.84 bits per heavy atom. The zero-order valence-corrected chi connectivity index (χ0v) is 11.3. The van der Waals surface area contributed by atoms with Crippen LogP contribution in [0.4, 0.5) is 0 Å². The number of benzene rings is 1. The number of hydrogen-bond donors (Lipinski definition) is 2. The summed E-state index contributed by atoms with van der Waals surface area (Å²) in [7, 11) is 0. The van der Waals surface area contributed by atoms with E-state index in [0.29, 0.717) is 19.1 Å². The van der Waals surface area contributed by atoms with Gasteiger partial charge >= 0.3 is 5.97 Å². The molecule has 1 unspecified atom stereocenters. The lowest BCUT2D eigenvalue weighted by Crippen LogP contribution is -2.39. The fraction of sp³-hybridized carbons (Fsp3) is 0.533. The molecule has 0 aliphatic heterocycles. The molecular weight excluding hydrogens is 242 g/mol. The highest BCUT2D eigenvalue weighted by atomic mass is 16.5. The highest BCUT2D eigenvalue weighted by molar-refractivity contribution is 5.73. The number of nitrogens with one attached hydrogen (secondary N) is 1. The van der Waals surface area contributed by atoms with E-state index < -0.39 is 12.0 Å². The van der Waals surface area contributed by atoms with Crippen LogP contribution in [0.15, 0.2) is 24.3 Å². The van der Waals surface area contributed by atoms with Crippen LogP contribution in [0, 0.1) is 0 Å². The van der Waals surface area contributed by atoms with Crippen LogP contribution < -0.4 is 10.1 Å². The molecule has 1 saturated carbocycles.